The van der Waals surface area contributed by atoms with Crippen LogP contribution < -0.4 is 5.32 Å². The van der Waals surface area contributed by atoms with Gasteiger partial charge in [-0.25, -0.2) is 9.97 Å². The summed E-state index contributed by atoms with van der Waals surface area (Å²) in [4.78, 5) is 11.2. The van der Waals surface area contributed by atoms with Gasteiger partial charge in [-0.05, 0) is 6.92 Å². The van der Waals surface area contributed by atoms with E-state index in [9.17, 15) is 0 Å². The van der Waals surface area contributed by atoms with Crippen molar-refractivity contribution in [1.29, 1.82) is 0 Å². The second kappa shape index (κ2) is 4.93. The van der Waals surface area contributed by atoms with Crippen molar-refractivity contribution in [3.05, 3.63) is 27.2 Å². The van der Waals surface area contributed by atoms with Crippen molar-refractivity contribution in [3.8, 4) is 0 Å². The third-order valence-corrected chi connectivity index (χ3v) is 4.27. The van der Waals surface area contributed by atoms with E-state index >= 15 is 0 Å². The van der Waals surface area contributed by atoms with E-state index in [1.807, 2.05) is 12.4 Å². The van der Waals surface area contributed by atoms with Crippen molar-refractivity contribution >= 4 is 27.8 Å². The molecule has 0 saturated carbocycles. The van der Waals surface area contributed by atoms with Crippen LogP contribution in [0.1, 0.15) is 34.5 Å². The number of anilines is 1. The molecule has 5 heteroatoms. The highest BCUT2D eigenvalue weighted by molar-refractivity contribution is 7.15. The topological polar surface area (TPSA) is 37.8 Å². The van der Waals surface area contributed by atoms with Crippen molar-refractivity contribution in [1.82, 2.24) is 9.97 Å². The first-order chi connectivity index (χ1) is 7.65. The summed E-state index contributed by atoms with van der Waals surface area (Å²) in [6.07, 6.45) is 3.84. The SMILES string of the molecule is Cc1cnc(NCc2cnc(C(C)C)s2)s1. The molecular weight excluding hydrogens is 238 g/mol. The van der Waals surface area contributed by atoms with Gasteiger partial charge in [0.1, 0.15) is 0 Å². The molecule has 0 unspecified atom stereocenters. The summed E-state index contributed by atoms with van der Waals surface area (Å²) in [5.41, 5.74) is 0. The monoisotopic (exact) mass is 253 g/mol. The van der Waals surface area contributed by atoms with Crippen LogP contribution in [0.25, 0.3) is 0 Å². The van der Waals surface area contributed by atoms with Crippen LogP contribution in [0.5, 0.6) is 0 Å². The lowest BCUT2D eigenvalue weighted by Gasteiger charge is -1.98. The Morgan fingerprint density at radius 3 is 2.62 bits per heavy atom. The minimum atomic E-state index is 0.515. The number of aromatic nitrogens is 2. The third-order valence-electron chi connectivity index (χ3n) is 2.10. The zero-order valence-corrected chi connectivity index (χ0v) is 11.3. The molecule has 0 atom stereocenters. The Balaban J connectivity index is 1.94. The molecule has 16 heavy (non-hydrogen) atoms. The molecule has 86 valence electrons. The predicted molar refractivity (Wildman–Crippen MR) is 70.4 cm³/mol. The summed E-state index contributed by atoms with van der Waals surface area (Å²) in [5, 5.41) is 5.50. The molecule has 0 aromatic carbocycles. The van der Waals surface area contributed by atoms with E-state index in [0.29, 0.717) is 5.92 Å². The highest BCUT2D eigenvalue weighted by Crippen LogP contribution is 2.23. The van der Waals surface area contributed by atoms with Crippen LogP contribution in [-0.4, -0.2) is 9.97 Å². The summed E-state index contributed by atoms with van der Waals surface area (Å²) in [7, 11) is 0. The Hall–Kier alpha value is -0.940. The third kappa shape index (κ3) is 2.80. The first-order valence-corrected chi connectivity index (χ1v) is 6.89. The van der Waals surface area contributed by atoms with Crippen LogP contribution in [0, 0.1) is 6.92 Å². The molecule has 0 fully saturated rings. The molecule has 2 heterocycles. The largest absolute Gasteiger partial charge is 0.357 e. The molecule has 0 spiro atoms. The fraction of sp³-hybridized carbons (Fsp3) is 0.455. The summed E-state index contributed by atoms with van der Waals surface area (Å²) >= 11 is 3.45. The fourth-order valence-corrected chi connectivity index (χ4v) is 2.79. The summed E-state index contributed by atoms with van der Waals surface area (Å²) in [6, 6.07) is 0. The van der Waals surface area contributed by atoms with Crippen LogP contribution >= 0.6 is 22.7 Å². The molecule has 0 aliphatic carbocycles. The molecule has 0 bridgehead atoms. The van der Waals surface area contributed by atoms with Gasteiger partial charge in [-0.1, -0.05) is 13.8 Å². The first kappa shape index (κ1) is 11.5. The van der Waals surface area contributed by atoms with Gasteiger partial charge in [0.25, 0.3) is 0 Å². The van der Waals surface area contributed by atoms with Crippen LogP contribution in [0.4, 0.5) is 5.13 Å². The molecule has 0 radical (unpaired) electrons. The number of hydrogen-bond donors (Lipinski definition) is 1. The number of nitrogens with one attached hydrogen (secondary N) is 1. The van der Waals surface area contributed by atoms with E-state index in [1.54, 1.807) is 22.7 Å². The number of nitrogens with zero attached hydrogens (tertiary/aromatic N) is 2. The van der Waals surface area contributed by atoms with Crippen LogP contribution in [0.2, 0.25) is 0 Å². The first-order valence-electron chi connectivity index (χ1n) is 5.26. The fourth-order valence-electron chi connectivity index (χ4n) is 1.27. The van der Waals surface area contributed by atoms with Crippen molar-refractivity contribution in [2.75, 3.05) is 5.32 Å². The molecule has 0 saturated heterocycles. The lowest BCUT2D eigenvalue weighted by molar-refractivity contribution is 0.852. The van der Waals surface area contributed by atoms with Gasteiger partial charge in [0.05, 0.1) is 11.6 Å². The zero-order valence-electron chi connectivity index (χ0n) is 9.65. The van der Waals surface area contributed by atoms with Crippen LogP contribution in [0.15, 0.2) is 12.4 Å². The predicted octanol–water partition coefficient (Wildman–Crippen LogP) is 3.64. The minimum absolute atomic E-state index is 0.515. The molecule has 2 aromatic heterocycles. The molecule has 3 nitrogen and oxygen atoms in total. The van der Waals surface area contributed by atoms with Crippen LogP contribution in [-0.2, 0) is 6.54 Å². The minimum Gasteiger partial charge on any atom is -0.357 e. The number of thiazole rings is 2. The normalized spacial score (nSPS) is 11.0. The Kier molecular flexibility index (Phi) is 3.56. The summed E-state index contributed by atoms with van der Waals surface area (Å²) < 4.78 is 0. The van der Waals surface area contributed by atoms with Crippen molar-refractivity contribution in [2.24, 2.45) is 0 Å². The van der Waals surface area contributed by atoms with Gasteiger partial charge in [-0.2, -0.15) is 0 Å². The molecule has 1 N–H and O–H groups in total. The number of rotatable bonds is 4. The van der Waals surface area contributed by atoms with Gasteiger partial charge < -0.3 is 5.32 Å². The van der Waals surface area contributed by atoms with Crippen molar-refractivity contribution in [3.63, 3.8) is 0 Å². The molecule has 2 aromatic rings. The van der Waals surface area contributed by atoms with Crippen molar-refractivity contribution in [2.45, 2.75) is 33.2 Å². The van der Waals surface area contributed by atoms with E-state index in [1.165, 1.54) is 14.8 Å². The molecular formula is C11H15N3S2. The van der Waals surface area contributed by atoms with Gasteiger partial charge in [-0.3, -0.25) is 0 Å². The van der Waals surface area contributed by atoms with E-state index in [2.05, 4.69) is 36.1 Å². The lowest BCUT2D eigenvalue weighted by Crippen LogP contribution is -1.95. The summed E-state index contributed by atoms with van der Waals surface area (Å²) in [6.45, 7) is 7.21. The van der Waals surface area contributed by atoms with E-state index in [4.69, 9.17) is 0 Å². The Morgan fingerprint density at radius 2 is 2.06 bits per heavy atom. The molecule has 0 aliphatic heterocycles. The highest BCUT2D eigenvalue weighted by Gasteiger charge is 2.06. The lowest BCUT2D eigenvalue weighted by atomic mass is 10.2. The number of aryl methyl sites for hydroxylation is 1. The van der Waals surface area contributed by atoms with Gasteiger partial charge in [0.2, 0.25) is 0 Å². The smallest absolute Gasteiger partial charge is 0.183 e. The quantitative estimate of drug-likeness (QED) is 0.904. The van der Waals surface area contributed by atoms with E-state index in [0.717, 1.165) is 11.7 Å². The maximum Gasteiger partial charge on any atom is 0.183 e. The Labute approximate surface area is 104 Å². The van der Waals surface area contributed by atoms with E-state index in [-0.39, 0.29) is 0 Å². The summed E-state index contributed by atoms with van der Waals surface area (Å²) in [5.74, 6) is 0.515. The van der Waals surface area contributed by atoms with Gasteiger partial charge >= 0.3 is 0 Å². The maximum absolute atomic E-state index is 4.39. The molecule has 2 rings (SSSR count). The number of hydrogen-bond acceptors (Lipinski definition) is 5. The maximum atomic E-state index is 4.39. The Morgan fingerprint density at radius 1 is 1.25 bits per heavy atom. The van der Waals surface area contributed by atoms with Crippen molar-refractivity contribution < 1.29 is 0 Å². The molecule has 0 aliphatic rings. The standard InChI is InChI=1S/C11H15N3S2/c1-7(2)10-12-5-9(16-10)6-14-11-13-4-8(3)15-11/h4-5,7H,6H2,1-3H3,(H,13,14). The average molecular weight is 253 g/mol. The average Bonchev–Trinajstić information content (AvgIpc) is 2.83. The van der Waals surface area contributed by atoms with Gasteiger partial charge in [-0.15, -0.1) is 22.7 Å². The zero-order chi connectivity index (χ0) is 11.5. The van der Waals surface area contributed by atoms with Crippen LogP contribution in [0.3, 0.4) is 0 Å². The second-order valence-corrected chi connectivity index (χ2v) is 6.33. The van der Waals surface area contributed by atoms with Gasteiger partial charge in [0, 0.05) is 28.1 Å². The second-order valence-electron chi connectivity index (χ2n) is 3.95. The van der Waals surface area contributed by atoms with Gasteiger partial charge in [0.15, 0.2) is 5.13 Å². The Bertz CT molecular complexity index is 459. The molecule has 0 amide bonds. The van der Waals surface area contributed by atoms with E-state index < -0.39 is 0 Å². The highest BCUT2D eigenvalue weighted by atomic mass is 32.1.